The second kappa shape index (κ2) is 4.34. The molecule has 2 N–H and O–H groups in total. The molecule has 0 aliphatic heterocycles. The highest BCUT2D eigenvalue weighted by molar-refractivity contribution is 5.20. The Morgan fingerprint density at radius 3 is 2.67 bits per heavy atom. The van der Waals surface area contributed by atoms with Gasteiger partial charge in [-0.3, -0.25) is 0 Å². The predicted molar refractivity (Wildman–Crippen MR) is 71.6 cm³/mol. The maximum absolute atomic E-state index is 13.7. The number of fused-ring (bicyclic) bond motifs is 2. The lowest BCUT2D eigenvalue weighted by atomic mass is 9.73. The lowest BCUT2D eigenvalue weighted by Crippen LogP contribution is -2.48. The average molecular weight is 247 g/mol. The predicted octanol–water partition coefficient (Wildman–Crippen LogP) is 3.52. The van der Waals surface area contributed by atoms with E-state index in [4.69, 9.17) is 5.73 Å². The van der Waals surface area contributed by atoms with Crippen molar-refractivity contribution in [3.63, 3.8) is 0 Å². The maximum Gasteiger partial charge on any atom is 0.126 e. The van der Waals surface area contributed by atoms with Gasteiger partial charge in [-0.1, -0.05) is 24.6 Å². The smallest absolute Gasteiger partial charge is 0.126 e. The van der Waals surface area contributed by atoms with Crippen LogP contribution in [0.3, 0.4) is 0 Å². The van der Waals surface area contributed by atoms with Gasteiger partial charge in [-0.25, -0.2) is 4.39 Å². The first-order chi connectivity index (χ1) is 8.56. The summed E-state index contributed by atoms with van der Waals surface area (Å²) in [5.74, 6) is 2.15. The van der Waals surface area contributed by atoms with Crippen LogP contribution in [0.2, 0.25) is 0 Å². The number of hydrogen-bond acceptors (Lipinski definition) is 1. The molecular formula is C16H22FN. The molecule has 0 spiro atoms. The van der Waals surface area contributed by atoms with Crippen LogP contribution in [-0.4, -0.2) is 5.54 Å². The van der Waals surface area contributed by atoms with E-state index in [9.17, 15) is 4.39 Å². The van der Waals surface area contributed by atoms with Crippen molar-refractivity contribution in [3.8, 4) is 0 Å². The summed E-state index contributed by atoms with van der Waals surface area (Å²) < 4.78 is 13.7. The second-order valence-electron chi connectivity index (χ2n) is 6.56. The molecule has 3 rings (SSSR count). The molecule has 1 aromatic carbocycles. The zero-order chi connectivity index (χ0) is 12.8. The molecule has 4 unspecified atom stereocenters. The molecule has 0 saturated heterocycles. The van der Waals surface area contributed by atoms with E-state index in [1.54, 1.807) is 6.07 Å². The minimum absolute atomic E-state index is 0.114. The topological polar surface area (TPSA) is 26.0 Å². The van der Waals surface area contributed by atoms with Crippen molar-refractivity contribution in [3.05, 3.63) is 35.6 Å². The van der Waals surface area contributed by atoms with Gasteiger partial charge in [-0.2, -0.15) is 0 Å². The van der Waals surface area contributed by atoms with Gasteiger partial charge in [0.05, 0.1) is 0 Å². The van der Waals surface area contributed by atoms with Crippen LogP contribution in [0.4, 0.5) is 4.39 Å². The lowest BCUT2D eigenvalue weighted by Gasteiger charge is -2.37. The first kappa shape index (κ1) is 12.2. The van der Waals surface area contributed by atoms with Crippen molar-refractivity contribution in [1.29, 1.82) is 0 Å². The molecule has 0 radical (unpaired) electrons. The van der Waals surface area contributed by atoms with Gasteiger partial charge >= 0.3 is 0 Å². The van der Waals surface area contributed by atoms with Crippen LogP contribution in [0.5, 0.6) is 0 Å². The highest BCUT2D eigenvalue weighted by Crippen LogP contribution is 2.52. The van der Waals surface area contributed by atoms with E-state index in [1.165, 1.54) is 31.7 Å². The maximum atomic E-state index is 13.7. The zero-order valence-electron chi connectivity index (χ0n) is 11.0. The van der Waals surface area contributed by atoms with Crippen molar-refractivity contribution < 1.29 is 4.39 Å². The standard InChI is InChI=1S/C16H22FN/c1-16(18,10-13-4-2-3-5-15(13)17)14-9-11-6-7-12(14)8-11/h2-5,11-12,14H,6-10,18H2,1H3. The van der Waals surface area contributed by atoms with Crippen LogP contribution in [0.1, 0.15) is 38.2 Å². The van der Waals surface area contributed by atoms with Gasteiger partial charge in [0.15, 0.2) is 0 Å². The van der Waals surface area contributed by atoms with E-state index in [0.29, 0.717) is 12.3 Å². The van der Waals surface area contributed by atoms with E-state index in [-0.39, 0.29) is 11.4 Å². The van der Waals surface area contributed by atoms with Crippen LogP contribution in [-0.2, 0) is 6.42 Å². The van der Waals surface area contributed by atoms with Crippen LogP contribution in [0.25, 0.3) is 0 Å². The Morgan fingerprint density at radius 1 is 1.28 bits per heavy atom. The molecule has 2 aliphatic rings. The molecule has 98 valence electrons. The molecule has 2 saturated carbocycles. The minimum atomic E-state index is -0.262. The highest BCUT2D eigenvalue weighted by Gasteiger charge is 2.46. The quantitative estimate of drug-likeness (QED) is 0.869. The fraction of sp³-hybridized carbons (Fsp3) is 0.625. The number of nitrogens with two attached hydrogens (primary N) is 1. The van der Waals surface area contributed by atoms with Gasteiger partial charge in [-0.05, 0) is 62.0 Å². The van der Waals surface area contributed by atoms with Crippen molar-refractivity contribution in [2.75, 3.05) is 0 Å². The SMILES string of the molecule is CC(N)(Cc1ccccc1F)C1CC2CCC1C2. The molecular weight excluding hydrogens is 225 g/mol. The van der Waals surface area contributed by atoms with E-state index >= 15 is 0 Å². The van der Waals surface area contributed by atoms with Gasteiger partial charge < -0.3 is 5.73 Å². The summed E-state index contributed by atoms with van der Waals surface area (Å²) in [6.07, 6.45) is 5.99. The molecule has 0 amide bonds. The molecule has 0 heterocycles. The summed E-state index contributed by atoms with van der Waals surface area (Å²) in [7, 11) is 0. The number of rotatable bonds is 3. The lowest BCUT2D eigenvalue weighted by molar-refractivity contribution is 0.200. The number of halogens is 1. The Bertz CT molecular complexity index is 440. The van der Waals surface area contributed by atoms with E-state index in [2.05, 4.69) is 6.92 Å². The monoisotopic (exact) mass is 247 g/mol. The molecule has 0 aromatic heterocycles. The van der Waals surface area contributed by atoms with Crippen molar-refractivity contribution in [2.24, 2.45) is 23.5 Å². The first-order valence-electron chi connectivity index (χ1n) is 7.08. The minimum Gasteiger partial charge on any atom is -0.325 e. The molecule has 4 atom stereocenters. The molecule has 2 heteroatoms. The first-order valence-corrected chi connectivity index (χ1v) is 7.08. The third kappa shape index (κ3) is 2.07. The fourth-order valence-electron chi connectivity index (χ4n) is 4.24. The summed E-state index contributed by atoms with van der Waals surface area (Å²) >= 11 is 0. The van der Waals surface area contributed by atoms with Gasteiger partial charge in [-0.15, -0.1) is 0 Å². The van der Waals surface area contributed by atoms with Gasteiger partial charge in [0.2, 0.25) is 0 Å². The summed E-state index contributed by atoms with van der Waals surface area (Å²) in [6.45, 7) is 2.12. The average Bonchev–Trinajstić information content (AvgIpc) is 2.94. The normalized spacial score (nSPS) is 33.6. The molecule has 2 bridgehead atoms. The number of benzene rings is 1. The molecule has 1 nitrogen and oxygen atoms in total. The van der Waals surface area contributed by atoms with Crippen LogP contribution < -0.4 is 5.73 Å². The van der Waals surface area contributed by atoms with Gasteiger partial charge in [0, 0.05) is 5.54 Å². The molecule has 1 aromatic rings. The molecule has 2 aliphatic carbocycles. The summed E-state index contributed by atoms with van der Waals surface area (Å²) in [5.41, 5.74) is 7.05. The zero-order valence-corrected chi connectivity index (χ0v) is 11.0. The molecule has 2 fully saturated rings. The third-order valence-corrected chi connectivity index (χ3v) is 5.11. The Balaban J connectivity index is 1.77. The Hall–Kier alpha value is -0.890. The Morgan fingerprint density at radius 2 is 2.06 bits per heavy atom. The van der Waals surface area contributed by atoms with Crippen LogP contribution >= 0.6 is 0 Å². The highest BCUT2D eigenvalue weighted by atomic mass is 19.1. The summed E-state index contributed by atoms with van der Waals surface area (Å²) in [5, 5.41) is 0. The van der Waals surface area contributed by atoms with Crippen molar-refractivity contribution >= 4 is 0 Å². The van der Waals surface area contributed by atoms with E-state index in [1.807, 2.05) is 12.1 Å². The molecule has 18 heavy (non-hydrogen) atoms. The van der Waals surface area contributed by atoms with Crippen molar-refractivity contribution in [1.82, 2.24) is 0 Å². The summed E-state index contributed by atoms with van der Waals surface area (Å²) in [4.78, 5) is 0. The fourth-order valence-corrected chi connectivity index (χ4v) is 4.24. The Labute approximate surface area is 109 Å². The van der Waals surface area contributed by atoms with E-state index in [0.717, 1.165) is 17.4 Å². The number of hydrogen-bond donors (Lipinski definition) is 1. The second-order valence-corrected chi connectivity index (χ2v) is 6.56. The van der Waals surface area contributed by atoms with Crippen LogP contribution in [0.15, 0.2) is 24.3 Å². The largest absolute Gasteiger partial charge is 0.325 e. The van der Waals surface area contributed by atoms with Crippen molar-refractivity contribution in [2.45, 2.75) is 44.6 Å². The van der Waals surface area contributed by atoms with E-state index < -0.39 is 0 Å². The Kier molecular flexibility index (Phi) is 2.93. The summed E-state index contributed by atoms with van der Waals surface area (Å²) in [6, 6.07) is 7.04. The van der Waals surface area contributed by atoms with Crippen LogP contribution in [0, 0.1) is 23.6 Å². The van der Waals surface area contributed by atoms with Gasteiger partial charge in [0.25, 0.3) is 0 Å². The van der Waals surface area contributed by atoms with Gasteiger partial charge in [0.1, 0.15) is 5.82 Å². The third-order valence-electron chi connectivity index (χ3n) is 5.11.